The van der Waals surface area contributed by atoms with Gasteiger partial charge in [0.25, 0.3) is 0 Å². The number of carbonyl (C=O) groups is 1. The minimum Gasteiger partial charge on any atom is -0.322 e. The van der Waals surface area contributed by atoms with E-state index in [1.54, 1.807) is 12.1 Å². The van der Waals surface area contributed by atoms with Crippen LogP contribution in [0.15, 0.2) is 72.8 Å². The van der Waals surface area contributed by atoms with Gasteiger partial charge in [-0.25, -0.2) is 0 Å². The molecule has 0 saturated heterocycles. The third-order valence-electron chi connectivity index (χ3n) is 4.26. The van der Waals surface area contributed by atoms with E-state index in [1.165, 1.54) is 5.56 Å². The molecule has 144 valence electrons. The summed E-state index contributed by atoms with van der Waals surface area (Å²) in [7, 11) is 0. The first-order valence-electron chi connectivity index (χ1n) is 8.79. The number of benzene rings is 3. The fourth-order valence-corrected chi connectivity index (χ4v) is 3.82. The van der Waals surface area contributed by atoms with Crippen LogP contribution < -0.4 is 10.6 Å². The average Bonchev–Trinajstić information content (AvgIpc) is 2.69. The molecule has 3 aromatic carbocycles. The van der Waals surface area contributed by atoms with Crippen LogP contribution in [0.5, 0.6) is 0 Å². The molecule has 0 aromatic heterocycles. The Labute approximate surface area is 179 Å². The summed E-state index contributed by atoms with van der Waals surface area (Å²) < 4.78 is 0. The van der Waals surface area contributed by atoms with Crippen LogP contribution in [0.25, 0.3) is 0 Å². The predicted octanol–water partition coefficient (Wildman–Crippen LogP) is 6.16. The topological polar surface area (TPSA) is 41.1 Å². The van der Waals surface area contributed by atoms with E-state index in [0.29, 0.717) is 20.8 Å². The molecule has 3 aromatic rings. The van der Waals surface area contributed by atoms with Gasteiger partial charge in [-0.1, -0.05) is 95.5 Å². The molecule has 0 bridgehead atoms. The normalized spacial score (nSPS) is 11.8. The van der Waals surface area contributed by atoms with Crippen molar-refractivity contribution in [1.29, 1.82) is 0 Å². The van der Waals surface area contributed by atoms with Crippen LogP contribution in [0, 0.1) is 0 Å². The summed E-state index contributed by atoms with van der Waals surface area (Å²) in [5, 5.41) is 7.10. The molecule has 1 atom stereocenters. The summed E-state index contributed by atoms with van der Waals surface area (Å²) >= 11 is 18.2. The molecule has 0 saturated carbocycles. The molecule has 0 spiro atoms. The van der Waals surface area contributed by atoms with E-state index in [-0.39, 0.29) is 18.5 Å². The summed E-state index contributed by atoms with van der Waals surface area (Å²) in [5.74, 6) is -0.236. The first-order valence-corrected chi connectivity index (χ1v) is 9.93. The Kier molecular flexibility index (Phi) is 7.35. The minimum atomic E-state index is -0.236. The Hall–Kier alpha value is -2.04. The molecular formula is C22H19Cl3N2O. The van der Waals surface area contributed by atoms with E-state index in [1.807, 2.05) is 48.5 Å². The van der Waals surface area contributed by atoms with Crippen LogP contribution in [-0.2, 0) is 11.2 Å². The Morgan fingerprint density at radius 3 is 2.04 bits per heavy atom. The maximum absolute atomic E-state index is 12.5. The van der Waals surface area contributed by atoms with Crippen LogP contribution in [0.2, 0.25) is 15.1 Å². The van der Waals surface area contributed by atoms with E-state index in [0.717, 1.165) is 12.0 Å². The number of rotatable bonds is 7. The van der Waals surface area contributed by atoms with Crippen LogP contribution in [0.1, 0.15) is 17.2 Å². The van der Waals surface area contributed by atoms with Crippen molar-refractivity contribution in [1.82, 2.24) is 5.32 Å². The molecular weight excluding hydrogens is 415 g/mol. The number of amides is 1. The van der Waals surface area contributed by atoms with Gasteiger partial charge in [0, 0.05) is 11.1 Å². The summed E-state index contributed by atoms with van der Waals surface area (Å²) in [6.45, 7) is 0.113. The molecule has 0 radical (unpaired) electrons. The standard InChI is InChI=1S/C22H19Cl3N2O/c23-17-12-18(24)22(19(25)13-17)27-21(28)14-26-20(16-9-5-2-6-10-16)11-15-7-3-1-4-8-15/h1-10,12-13,20,26H,11,14H2,(H,27,28)/t20-/m0/s1. The van der Waals surface area contributed by atoms with Crippen LogP contribution in [0.3, 0.4) is 0 Å². The highest BCUT2D eigenvalue weighted by atomic mass is 35.5. The number of hydrogen-bond donors (Lipinski definition) is 2. The van der Waals surface area contributed by atoms with E-state index < -0.39 is 0 Å². The number of anilines is 1. The second-order valence-corrected chi connectivity index (χ2v) is 7.58. The van der Waals surface area contributed by atoms with Gasteiger partial charge in [-0.15, -0.1) is 0 Å². The molecule has 3 nitrogen and oxygen atoms in total. The van der Waals surface area contributed by atoms with Gasteiger partial charge in [-0.2, -0.15) is 0 Å². The monoisotopic (exact) mass is 432 g/mol. The molecule has 0 aliphatic heterocycles. The summed E-state index contributed by atoms with van der Waals surface area (Å²) in [4.78, 5) is 12.5. The molecule has 0 unspecified atom stereocenters. The van der Waals surface area contributed by atoms with Crippen molar-refractivity contribution in [3.05, 3.63) is 99.0 Å². The molecule has 0 aliphatic rings. The smallest absolute Gasteiger partial charge is 0.238 e. The van der Waals surface area contributed by atoms with Gasteiger partial charge in [0.15, 0.2) is 0 Å². The zero-order chi connectivity index (χ0) is 19.9. The molecule has 0 aliphatic carbocycles. The predicted molar refractivity (Wildman–Crippen MR) is 117 cm³/mol. The SMILES string of the molecule is O=C(CN[C@@H](Cc1ccccc1)c1ccccc1)Nc1c(Cl)cc(Cl)cc1Cl. The fraction of sp³-hybridized carbons (Fsp3) is 0.136. The van der Waals surface area contributed by atoms with E-state index in [4.69, 9.17) is 34.8 Å². The van der Waals surface area contributed by atoms with Crippen LogP contribution in [-0.4, -0.2) is 12.5 Å². The zero-order valence-electron chi connectivity index (χ0n) is 15.0. The van der Waals surface area contributed by atoms with Gasteiger partial charge in [-0.05, 0) is 29.7 Å². The van der Waals surface area contributed by atoms with Crippen molar-refractivity contribution < 1.29 is 4.79 Å². The largest absolute Gasteiger partial charge is 0.322 e. The lowest BCUT2D eigenvalue weighted by atomic mass is 9.99. The van der Waals surface area contributed by atoms with Crippen molar-refractivity contribution in [2.45, 2.75) is 12.5 Å². The van der Waals surface area contributed by atoms with E-state index in [9.17, 15) is 4.79 Å². The van der Waals surface area contributed by atoms with Gasteiger partial charge >= 0.3 is 0 Å². The second kappa shape index (κ2) is 9.94. The highest BCUT2D eigenvalue weighted by molar-refractivity contribution is 6.42. The Morgan fingerprint density at radius 2 is 1.43 bits per heavy atom. The molecule has 3 rings (SSSR count). The van der Waals surface area contributed by atoms with Crippen LogP contribution in [0.4, 0.5) is 5.69 Å². The number of nitrogens with one attached hydrogen (secondary N) is 2. The average molecular weight is 434 g/mol. The molecule has 0 fully saturated rings. The first kappa shape index (κ1) is 20.7. The van der Waals surface area contributed by atoms with Gasteiger partial charge in [0.05, 0.1) is 22.3 Å². The second-order valence-electron chi connectivity index (χ2n) is 6.33. The van der Waals surface area contributed by atoms with Gasteiger partial charge in [0.2, 0.25) is 5.91 Å². The fourth-order valence-electron chi connectivity index (χ4n) is 2.90. The lowest BCUT2D eigenvalue weighted by Crippen LogP contribution is -2.32. The molecule has 1 amide bonds. The third-order valence-corrected chi connectivity index (χ3v) is 5.08. The van der Waals surface area contributed by atoms with Gasteiger partial charge in [-0.3, -0.25) is 4.79 Å². The zero-order valence-corrected chi connectivity index (χ0v) is 17.2. The highest BCUT2D eigenvalue weighted by Crippen LogP contribution is 2.33. The van der Waals surface area contributed by atoms with Gasteiger partial charge < -0.3 is 10.6 Å². The Bertz CT molecular complexity index is 910. The van der Waals surface area contributed by atoms with Crippen molar-refractivity contribution in [2.24, 2.45) is 0 Å². The van der Waals surface area contributed by atoms with Crippen LogP contribution >= 0.6 is 34.8 Å². The van der Waals surface area contributed by atoms with Crippen molar-refractivity contribution in [3.8, 4) is 0 Å². The maximum atomic E-state index is 12.5. The van der Waals surface area contributed by atoms with E-state index >= 15 is 0 Å². The highest BCUT2D eigenvalue weighted by Gasteiger charge is 2.15. The summed E-state index contributed by atoms with van der Waals surface area (Å²) in [6, 6.07) is 23.3. The lowest BCUT2D eigenvalue weighted by molar-refractivity contribution is -0.115. The van der Waals surface area contributed by atoms with Crippen molar-refractivity contribution in [2.75, 3.05) is 11.9 Å². The number of carbonyl (C=O) groups excluding carboxylic acids is 1. The molecule has 28 heavy (non-hydrogen) atoms. The summed E-state index contributed by atoms with van der Waals surface area (Å²) in [6.07, 6.45) is 0.764. The quantitative estimate of drug-likeness (QED) is 0.468. The van der Waals surface area contributed by atoms with Crippen molar-refractivity contribution >= 4 is 46.4 Å². The molecule has 6 heteroatoms. The van der Waals surface area contributed by atoms with E-state index in [2.05, 4.69) is 22.8 Å². The Morgan fingerprint density at radius 1 is 0.857 bits per heavy atom. The number of hydrogen-bond acceptors (Lipinski definition) is 2. The first-order chi connectivity index (χ1) is 13.5. The van der Waals surface area contributed by atoms with Crippen molar-refractivity contribution in [3.63, 3.8) is 0 Å². The lowest BCUT2D eigenvalue weighted by Gasteiger charge is -2.20. The minimum absolute atomic E-state index is 0.00879. The third kappa shape index (κ3) is 5.73. The summed E-state index contributed by atoms with van der Waals surface area (Å²) in [5.41, 5.74) is 2.66. The van der Waals surface area contributed by atoms with Gasteiger partial charge in [0.1, 0.15) is 0 Å². The maximum Gasteiger partial charge on any atom is 0.238 e. The Balaban J connectivity index is 1.69. The molecule has 0 heterocycles. The number of halogens is 3. The molecule has 2 N–H and O–H groups in total.